The van der Waals surface area contributed by atoms with Crippen molar-refractivity contribution in [3.63, 3.8) is 0 Å². The summed E-state index contributed by atoms with van der Waals surface area (Å²) in [4.78, 5) is 0. The Morgan fingerprint density at radius 3 is 2.39 bits per heavy atom. The molecule has 0 heterocycles. The zero-order chi connectivity index (χ0) is 13.3. The minimum absolute atomic E-state index is 0.351. The van der Waals surface area contributed by atoms with Crippen molar-refractivity contribution in [2.75, 3.05) is 0 Å². The third-order valence-corrected chi connectivity index (χ3v) is 3.87. The average molecular weight is 253 g/mol. The lowest BCUT2D eigenvalue weighted by Crippen LogP contribution is -2.48. The van der Waals surface area contributed by atoms with E-state index in [1.54, 1.807) is 0 Å². The number of hydrogen-bond donors (Lipinski definition) is 1. The largest absolute Gasteiger partial charge is 0.325 e. The zero-order valence-electron chi connectivity index (χ0n) is 11.0. The summed E-state index contributed by atoms with van der Waals surface area (Å²) >= 11 is 0. The van der Waals surface area contributed by atoms with E-state index in [0.717, 1.165) is 18.9 Å². The maximum Gasteiger partial charge on any atom is 0.129 e. The Morgan fingerprint density at radius 1 is 1.22 bits per heavy atom. The van der Waals surface area contributed by atoms with Gasteiger partial charge >= 0.3 is 0 Å². The van der Waals surface area contributed by atoms with Gasteiger partial charge < -0.3 is 5.73 Å². The molecule has 1 aromatic carbocycles. The maximum atomic E-state index is 13.7. The molecule has 0 aromatic heterocycles. The molecular weight excluding hydrogens is 232 g/mol. The van der Waals surface area contributed by atoms with Crippen molar-refractivity contribution in [2.45, 2.75) is 45.1 Å². The van der Waals surface area contributed by atoms with Crippen molar-refractivity contribution < 1.29 is 8.78 Å². The van der Waals surface area contributed by atoms with E-state index in [2.05, 4.69) is 13.8 Å². The van der Waals surface area contributed by atoms with E-state index >= 15 is 0 Å². The first kappa shape index (κ1) is 13.5. The van der Waals surface area contributed by atoms with Gasteiger partial charge in [-0.2, -0.15) is 0 Å². The summed E-state index contributed by atoms with van der Waals surface area (Å²) in [5.74, 6) is 0.128. The van der Waals surface area contributed by atoms with Crippen molar-refractivity contribution >= 4 is 0 Å². The number of rotatable bonds is 2. The van der Waals surface area contributed by atoms with E-state index in [4.69, 9.17) is 5.73 Å². The molecule has 1 saturated carbocycles. The molecule has 2 N–H and O–H groups in total. The topological polar surface area (TPSA) is 26.0 Å². The van der Waals surface area contributed by atoms with Crippen molar-refractivity contribution in [3.05, 3.63) is 35.4 Å². The lowest BCUT2D eigenvalue weighted by molar-refractivity contribution is 0.181. The highest BCUT2D eigenvalue weighted by molar-refractivity contribution is 5.21. The molecule has 0 radical (unpaired) electrons. The van der Waals surface area contributed by atoms with Crippen molar-refractivity contribution in [3.8, 4) is 0 Å². The van der Waals surface area contributed by atoms with Gasteiger partial charge in [0.1, 0.15) is 11.6 Å². The number of nitrogens with two attached hydrogens (primary N) is 1. The highest BCUT2D eigenvalue weighted by Gasteiger charge is 2.35. The zero-order valence-corrected chi connectivity index (χ0v) is 11.0. The van der Waals surface area contributed by atoms with Gasteiger partial charge in [-0.1, -0.05) is 19.9 Å². The summed E-state index contributed by atoms with van der Waals surface area (Å²) in [7, 11) is 0. The van der Waals surface area contributed by atoms with Gasteiger partial charge in [0.25, 0.3) is 0 Å². The predicted molar refractivity (Wildman–Crippen MR) is 69.2 cm³/mol. The van der Waals surface area contributed by atoms with E-state index < -0.39 is 11.6 Å². The van der Waals surface area contributed by atoms with Crippen LogP contribution < -0.4 is 5.73 Å². The second-order valence-electron chi connectivity index (χ2n) is 6.13. The fourth-order valence-electron chi connectivity index (χ4n) is 3.51. The van der Waals surface area contributed by atoms with Crippen LogP contribution in [0, 0.1) is 23.5 Å². The third kappa shape index (κ3) is 3.08. The number of benzene rings is 1. The first-order valence-electron chi connectivity index (χ1n) is 6.61. The minimum atomic E-state index is -0.535. The quantitative estimate of drug-likeness (QED) is 0.855. The SMILES string of the molecule is CC1CC(C)CC(N)(Cc2ccc(F)cc2F)C1. The lowest BCUT2D eigenvalue weighted by atomic mass is 9.70. The highest BCUT2D eigenvalue weighted by Crippen LogP contribution is 2.36. The van der Waals surface area contributed by atoms with Crippen LogP contribution in [0.1, 0.15) is 38.7 Å². The Hall–Kier alpha value is -0.960. The van der Waals surface area contributed by atoms with Crippen LogP contribution in [-0.4, -0.2) is 5.54 Å². The molecule has 0 aliphatic heterocycles. The molecule has 2 atom stereocenters. The maximum absolute atomic E-state index is 13.7. The fourth-order valence-corrected chi connectivity index (χ4v) is 3.51. The standard InChI is InChI=1S/C15H21F2N/c1-10-5-11(2)8-15(18,7-10)9-12-3-4-13(16)6-14(12)17/h3-4,6,10-11H,5,7-9,18H2,1-2H3. The summed E-state index contributed by atoms with van der Waals surface area (Å²) in [6.07, 6.45) is 3.50. The molecule has 3 heteroatoms. The summed E-state index contributed by atoms with van der Waals surface area (Å²) < 4.78 is 26.5. The molecule has 1 nitrogen and oxygen atoms in total. The van der Waals surface area contributed by atoms with Crippen LogP contribution in [0.2, 0.25) is 0 Å². The van der Waals surface area contributed by atoms with Crippen LogP contribution in [-0.2, 0) is 6.42 Å². The van der Waals surface area contributed by atoms with E-state index in [1.165, 1.54) is 18.6 Å². The second-order valence-corrected chi connectivity index (χ2v) is 6.13. The van der Waals surface area contributed by atoms with E-state index in [-0.39, 0.29) is 5.54 Å². The Bertz CT molecular complexity index is 421. The first-order valence-corrected chi connectivity index (χ1v) is 6.61. The molecule has 0 spiro atoms. The Labute approximate surface area is 107 Å². The first-order chi connectivity index (χ1) is 8.38. The molecule has 1 fully saturated rings. The van der Waals surface area contributed by atoms with Gasteiger partial charge in [-0.15, -0.1) is 0 Å². The van der Waals surface area contributed by atoms with Gasteiger partial charge in [0.05, 0.1) is 0 Å². The molecule has 18 heavy (non-hydrogen) atoms. The second kappa shape index (κ2) is 4.96. The fraction of sp³-hybridized carbons (Fsp3) is 0.600. The van der Waals surface area contributed by atoms with Gasteiger partial charge in [0.15, 0.2) is 0 Å². The van der Waals surface area contributed by atoms with Crippen molar-refractivity contribution in [2.24, 2.45) is 17.6 Å². The van der Waals surface area contributed by atoms with E-state index in [0.29, 0.717) is 23.8 Å². The third-order valence-electron chi connectivity index (χ3n) is 3.87. The van der Waals surface area contributed by atoms with Crippen LogP contribution >= 0.6 is 0 Å². The van der Waals surface area contributed by atoms with E-state index in [1.807, 2.05) is 0 Å². The van der Waals surface area contributed by atoms with Crippen LogP contribution in [0.15, 0.2) is 18.2 Å². The highest BCUT2D eigenvalue weighted by atomic mass is 19.1. The Morgan fingerprint density at radius 2 is 1.83 bits per heavy atom. The van der Waals surface area contributed by atoms with Gasteiger partial charge in [0.2, 0.25) is 0 Å². The molecule has 100 valence electrons. The van der Waals surface area contributed by atoms with E-state index in [9.17, 15) is 8.78 Å². The average Bonchev–Trinajstić information content (AvgIpc) is 2.20. The summed E-state index contributed by atoms with van der Waals surface area (Å²) in [6, 6.07) is 3.76. The molecule has 0 amide bonds. The number of halogens is 2. The van der Waals surface area contributed by atoms with Crippen LogP contribution in [0.3, 0.4) is 0 Å². The minimum Gasteiger partial charge on any atom is -0.325 e. The predicted octanol–water partition coefficient (Wildman–Crippen LogP) is 3.66. The molecule has 0 saturated heterocycles. The summed E-state index contributed by atoms with van der Waals surface area (Å²) in [6.45, 7) is 4.39. The van der Waals surface area contributed by atoms with Crippen molar-refractivity contribution in [1.29, 1.82) is 0 Å². The van der Waals surface area contributed by atoms with Gasteiger partial charge in [0, 0.05) is 11.6 Å². The molecule has 1 aliphatic rings. The van der Waals surface area contributed by atoms with Gasteiger partial charge in [-0.25, -0.2) is 8.78 Å². The smallest absolute Gasteiger partial charge is 0.129 e. The molecule has 1 aliphatic carbocycles. The van der Waals surface area contributed by atoms with Gasteiger partial charge in [-0.3, -0.25) is 0 Å². The van der Waals surface area contributed by atoms with Crippen molar-refractivity contribution in [1.82, 2.24) is 0 Å². The molecular formula is C15H21F2N. The Kier molecular flexibility index (Phi) is 3.71. The van der Waals surface area contributed by atoms with Crippen LogP contribution in [0.25, 0.3) is 0 Å². The Balaban J connectivity index is 2.16. The monoisotopic (exact) mass is 253 g/mol. The molecule has 0 bridgehead atoms. The van der Waals surface area contributed by atoms with Gasteiger partial charge in [-0.05, 0) is 49.1 Å². The lowest BCUT2D eigenvalue weighted by Gasteiger charge is -2.40. The normalized spacial score (nSPS) is 32.5. The number of hydrogen-bond acceptors (Lipinski definition) is 1. The molecule has 1 aromatic rings. The molecule has 2 unspecified atom stereocenters. The van der Waals surface area contributed by atoms with Crippen LogP contribution in [0.4, 0.5) is 8.78 Å². The van der Waals surface area contributed by atoms with Crippen LogP contribution in [0.5, 0.6) is 0 Å². The summed E-state index contributed by atoms with van der Waals surface area (Å²) in [5, 5.41) is 0. The molecule has 2 rings (SSSR count). The summed E-state index contributed by atoms with van der Waals surface area (Å²) in [5.41, 5.74) is 6.59.